The molecule has 0 aliphatic heterocycles. The third-order valence-electron chi connectivity index (χ3n) is 2.80. The Hall–Kier alpha value is -1.85. The quantitative estimate of drug-likeness (QED) is 0.787. The van der Waals surface area contributed by atoms with E-state index in [4.69, 9.17) is 9.84 Å². The second-order valence-electron chi connectivity index (χ2n) is 4.83. The predicted octanol–water partition coefficient (Wildman–Crippen LogP) is 2.26. The van der Waals surface area contributed by atoms with E-state index < -0.39 is 5.97 Å². The van der Waals surface area contributed by atoms with Gasteiger partial charge in [0.15, 0.2) is 0 Å². The van der Waals surface area contributed by atoms with E-state index in [1.165, 1.54) is 0 Å². The number of anilines is 1. The molecule has 0 saturated carbocycles. The van der Waals surface area contributed by atoms with E-state index in [1.807, 2.05) is 13.8 Å². The van der Waals surface area contributed by atoms with E-state index in [2.05, 4.69) is 28.7 Å². The summed E-state index contributed by atoms with van der Waals surface area (Å²) in [5, 5.41) is 8.73. The number of aryl methyl sites for hydroxylation is 1. The fourth-order valence-corrected chi connectivity index (χ4v) is 1.93. The second-order valence-corrected chi connectivity index (χ2v) is 4.83. The molecule has 20 heavy (non-hydrogen) atoms. The first-order chi connectivity index (χ1) is 9.43. The molecule has 1 N–H and O–H groups in total. The molecule has 0 unspecified atom stereocenters. The Balaban J connectivity index is 2.87. The van der Waals surface area contributed by atoms with Gasteiger partial charge in [0, 0.05) is 25.1 Å². The topological polar surface area (TPSA) is 75.5 Å². The van der Waals surface area contributed by atoms with Crippen molar-refractivity contribution in [2.24, 2.45) is 0 Å². The van der Waals surface area contributed by atoms with Gasteiger partial charge < -0.3 is 14.7 Å². The Bertz CT molecular complexity index is 449. The summed E-state index contributed by atoms with van der Waals surface area (Å²) in [7, 11) is 0. The first-order valence-corrected chi connectivity index (χ1v) is 6.91. The first-order valence-electron chi connectivity index (χ1n) is 6.91. The van der Waals surface area contributed by atoms with Gasteiger partial charge in [0.2, 0.25) is 5.88 Å². The summed E-state index contributed by atoms with van der Waals surface area (Å²) >= 11 is 0. The largest absolute Gasteiger partial charge is 0.481 e. The first kappa shape index (κ1) is 16.2. The molecule has 112 valence electrons. The SMILES string of the molecule is CCOc1cc(N(CCCC(=O)O)C(C)C)nc(C)n1. The molecule has 1 aromatic rings. The average Bonchev–Trinajstić information content (AvgIpc) is 2.33. The lowest BCUT2D eigenvalue weighted by Gasteiger charge is -2.28. The highest BCUT2D eigenvalue weighted by Crippen LogP contribution is 2.20. The van der Waals surface area contributed by atoms with Gasteiger partial charge in [-0.15, -0.1) is 0 Å². The van der Waals surface area contributed by atoms with Crippen LogP contribution in [-0.2, 0) is 4.79 Å². The molecule has 1 heterocycles. The number of ether oxygens (including phenoxy) is 1. The lowest BCUT2D eigenvalue weighted by molar-refractivity contribution is -0.137. The van der Waals surface area contributed by atoms with Crippen LogP contribution < -0.4 is 9.64 Å². The van der Waals surface area contributed by atoms with Crippen molar-refractivity contribution in [1.29, 1.82) is 0 Å². The summed E-state index contributed by atoms with van der Waals surface area (Å²) in [6.07, 6.45) is 0.742. The van der Waals surface area contributed by atoms with Crippen LogP contribution in [0.4, 0.5) is 5.82 Å². The average molecular weight is 281 g/mol. The number of hydrogen-bond donors (Lipinski definition) is 1. The maximum Gasteiger partial charge on any atom is 0.303 e. The van der Waals surface area contributed by atoms with Crippen molar-refractivity contribution in [3.05, 3.63) is 11.9 Å². The monoisotopic (exact) mass is 281 g/mol. The van der Waals surface area contributed by atoms with Crippen molar-refractivity contribution in [2.75, 3.05) is 18.1 Å². The van der Waals surface area contributed by atoms with Crippen molar-refractivity contribution in [2.45, 2.75) is 46.6 Å². The normalized spacial score (nSPS) is 10.7. The van der Waals surface area contributed by atoms with Gasteiger partial charge in [0.1, 0.15) is 11.6 Å². The smallest absolute Gasteiger partial charge is 0.303 e. The summed E-state index contributed by atoms with van der Waals surface area (Å²) < 4.78 is 5.43. The molecule has 0 radical (unpaired) electrons. The Kier molecular flexibility index (Phi) is 6.21. The van der Waals surface area contributed by atoms with Crippen LogP contribution in [-0.4, -0.2) is 40.2 Å². The number of hydrogen-bond acceptors (Lipinski definition) is 5. The number of aromatic nitrogens is 2. The lowest BCUT2D eigenvalue weighted by atomic mass is 10.2. The molecule has 6 heteroatoms. The zero-order valence-electron chi connectivity index (χ0n) is 12.6. The summed E-state index contributed by atoms with van der Waals surface area (Å²) in [5.41, 5.74) is 0. The maximum absolute atomic E-state index is 10.6. The number of carboxylic acid groups (broad SMARTS) is 1. The van der Waals surface area contributed by atoms with Crippen molar-refractivity contribution < 1.29 is 14.6 Å². The highest BCUT2D eigenvalue weighted by atomic mass is 16.5. The number of nitrogens with zero attached hydrogens (tertiary/aromatic N) is 3. The molecule has 1 aromatic heterocycles. The lowest BCUT2D eigenvalue weighted by Crippen LogP contribution is -2.33. The Labute approximate surface area is 119 Å². The van der Waals surface area contributed by atoms with Gasteiger partial charge >= 0.3 is 5.97 Å². The molecule has 1 rings (SSSR count). The van der Waals surface area contributed by atoms with Crippen molar-refractivity contribution in [1.82, 2.24) is 9.97 Å². The van der Waals surface area contributed by atoms with Gasteiger partial charge in [-0.25, -0.2) is 4.98 Å². The third-order valence-corrected chi connectivity index (χ3v) is 2.80. The molecule has 0 spiro atoms. The fraction of sp³-hybridized carbons (Fsp3) is 0.643. The predicted molar refractivity (Wildman–Crippen MR) is 77.3 cm³/mol. The standard InChI is InChI=1S/C14H23N3O3/c1-5-20-13-9-12(15-11(4)16-13)17(10(2)3)8-6-7-14(18)19/h9-10H,5-8H2,1-4H3,(H,18,19). The molecule has 0 fully saturated rings. The number of aliphatic carboxylic acids is 1. The molecule has 0 aromatic carbocycles. The van der Waals surface area contributed by atoms with Gasteiger partial charge in [-0.05, 0) is 34.1 Å². The molecule has 0 saturated heterocycles. The number of rotatable bonds is 8. The zero-order valence-corrected chi connectivity index (χ0v) is 12.6. The molecular weight excluding hydrogens is 258 g/mol. The van der Waals surface area contributed by atoms with Gasteiger partial charge in [0.05, 0.1) is 6.61 Å². The van der Waals surface area contributed by atoms with Crippen molar-refractivity contribution in [3.63, 3.8) is 0 Å². The molecule has 0 atom stereocenters. The van der Waals surface area contributed by atoms with E-state index >= 15 is 0 Å². The van der Waals surface area contributed by atoms with Gasteiger partial charge in [-0.2, -0.15) is 4.98 Å². The zero-order chi connectivity index (χ0) is 15.1. The van der Waals surface area contributed by atoms with Crippen LogP contribution in [0.5, 0.6) is 5.88 Å². The minimum atomic E-state index is -0.775. The van der Waals surface area contributed by atoms with Crippen LogP contribution in [0.25, 0.3) is 0 Å². The van der Waals surface area contributed by atoms with E-state index in [9.17, 15) is 4.79 Å². The fourth-order valence-electron chi connectivity index (χ4n) is 1.93. The van der Waals surface area contributed by atoms with E-state index in [0.29, 0.717) is 31.3 Å². The molecule has 0 bridgehead atoms. The van der Waals surface area contributed by atoms with E-state index in [-0.39, 0.29) is 12.5 Å². The minimum absolute atomic E-state index is 0.158. The maximum atomic E-state index is 10.6. The van der Waals surface area contributed by atoms with Crippen molar-refractivity contribution in [3.8, 4) is 5.88 Å². The van der Waals surface area contributed by atoms with Gasteiger partial charge in [0.25, 0.3) is 0 Å². The van der Waals surface area contributed by atoms with Crippen LogP contribution >= 0.6 is 0 Å². The van der Waals surface area contributed by atoms with Crippen LogP contribution in [0, 0.1) is 6.92 Å². The number of carboxylic acids is 1. The van der Waals surface area contributed by atoms with Crippen molar-refractivity contribution >= 4 is 11.8 Å². The Morgan fingerprint density at radius 2 is 2.15 bits per heavy atom. The number of carbonyl (C=O) groups is 1. The van der Waals surface area contributed by atoms with Gasteiger partial charge in [-0.3, -0.25) is 4.79 Å². The molecule has 0 aliphatic rings. The van der Waals surface area contributed by atoms with E-state index in [1.54, 1.807) is 6.07 Å². The molecular formula is C14H23N3O3. The van der Waals surface area contributed by atoms with Crippen LogP contribution in [0.15, 0.2) is 6.07 Å². The summed E-state index contributed by atoms with van der Waals surface area (Å²) in [6, 6.07) is 2.03. The molecule has 6 nitrogen and oxygen atoms in total. The Morgan fingerprint density at radius 1 is 1.45 bits per heavy atom. The summed E-state index contributed by atoms with van der Waals surface area (Å²) in [6.45, 7) is 9.03. The highest BCUT2D eigenvalue weighted by Gasteiger charge is 2.14. The van der Waals surface area contributed by atoms with Crippen LogP contribution in [0.2, 0.25) is 0 Å². The van der Waals surface area contributed by atoms with Crippen LogP contribution in [0.3, 0.4) is 0 Å². The molecule has 0 amide bonds. The molecule has 0 aliphatic carbocycles. The summed E-state index contributed by atoms with van der Waals surface area (Å²) in [4.78, 5) is 21.3. The third kappa shape index (κ3) is 5.03. The van der Waals surface area contributed by atoms with E-state index in [0.717, 1.165) is 5.82 Å². The second kappa shape index (κ2) is 7.67. The van der Waals surface area contributed by atoms with Crippen LogP contribution in [0.1, 0.15) is 39.4 Å². The van der Waals surface area contributed by atoms with Gasteiger partial charge in [-0.1, -0.05) is 0 Å². The minimum Gasteiger partial charge on any atom is -0.481 e. The highest BCUT2D eigenvalue weighted by molar-refractivity contribution is 5.66. The summed E-state index contributed by atoms with van der Waals surface area (Å²) in [5.74, 6) is 1.21. The Morgan fingerprint density at radius 3 is 2.70 bits per heavy atom.